The second-order valence-electron chi connectivity index (χ2n) is 3.77. The van der Waals surface area contributed by atoms with Crippen molar-refractivity contribution in [3.05, 3.63) is 0 Å². The first-order chi connectivity index (χ1) is 8.27. The predicted molar refractivity (Wildman–Crippen MR) is 55.2 cm³/mol. The first-order valence-electron chi connectivity index (χ1n) is 5.11. The van der Waals surface area contributed by atoms with Gasteiger partial charge in [0.25, 0.3) is 0 Å². The molecule has 8 N–H and O–H groups in total. The number of hydrogen-bond donors (Lipinski definition) is 8. The summed E-state index contributed by atoms with van der Waals surface area (Å²) in [5, 5.41) is 72.1. The summed E-state index contributed by atoms with van der Waals surface area (Å²) in [6, 6.07) is 0. The van der Waals surface area contributed by atoms with Gasteiger partial charge in [-0.05, 0) is 0 Å². The fourth-order valence-corrected chi connectivity index (χ4v) is 1.18. The Hall–Kier alpha value is -0.650. The maximum atomic E-state index is 11.2. The van der Waals surface area contributed by atoms with Crippen LogP contribution in [0.25, 0.3) is 0 Å². The summed E-state index contributed by atoms with van der Waals surface area (Å²) in [7, 11) is 0. The van der Waals surface area contributed by atoms with E-state index in [4.69, 9.17) is 20.4 Å². The van der Waals surface area contributed by atoms with Gasteiger partial charge in [0.2, 0.25) is 0 Å². The van der Waals surface area contributed by atoms with Gasteiger partial charge < -0.3 is 40.9 Å². The van der Waals surface area contributed by atoms with E-state index < -0.39 is 55.6 Å². The number of aliphatic hydroxyl groups excluding tert-OH is 8. The second-order valence-corrected chi connectivity index (χ2v) is 3.77. The second kappa shape index (κ2) is 7.71. The number of carbonyl (C=O) groups is 1. The number of aliphatic hydroxyl groups is 8. The highest BCUT2D eigenvalue weighted by Crippen LogP contribution is 2.10. The molecule has 0 aliphatic rings. The Morgan fingerprint density at radius 2 is 1.28 bits per heavy atom. The van der Waals surface area contributed by atoms with Crippen molar-refractivity contribution in [2.24, 2.45) is 0 Å². The minimum absolute atomic E-state index is 0.908. The Morgan fingerprint density at radius 3 is 1.67 bits per heavy atom. The van der Waals surface area contributed by atoms with E-state index in [2.05, 4.69) is 0 Å². The van der Waals surface area contributed by atoms with Crippen LogP contribution >= 0.6 is 0 Å². The Balaban J connectivity index is 4.63. The Bertz CT molecular complexity index is 258. The molecule has 0 aliphatic carbocycles. The van der Waals surface area contributed by atoms with Gasteiger partial charge in [-0.1, -0.05) is 0 Å². The van der Waals surface area contributed by atoms with E-state index in [1.165, 1.54) is 0 Å². The molecular formula is C9H18O9. The van der Waals surface area contributed by atoms with Gasteiger partial charge in [-0.2, -0.15) is 0 Å². The zero-order valence-electron chi connectivity index (χ0n) is 9.36. The van der Waals surface area contributed by atoms with Crippen LogP contribution in [0.4, 0.5) is 0 Å². The molecule has 18 heavy (non-hydrogen) atoms. The summed E-state index contributed by atoms with van der Waals surface area (Å²) in [6.07, 6.45) is -12.3. The third-order valence-electron chi connectivity index (χ3n) is 2.40. The van der Waals surface area contributed by atoms with Crippen LogP contribution in [-0.4, -0.2) is 96.5 Å². The van der Waals surface area contributed by atoms with Gasteiger partial charge in [0, 0.05) is 0 Å². The summed E-state index contributed by atoms with van der Waals surface area (Å²) in [4.78, 5) is 11.2. The van der Waals surface area contributed by atoms with E-state index in [9.17, 15) is 25.2 Å². The molecule has 0 radical (unpaired) electrons. The average molecular weight is 270 g/mol. The largest absolute Gasteiger partial charge is 0.394 e. The molecule has 9 heteroatoms. The van der Waals surface area contributed by atoms with Gasteiger partial charge in [-0.25, -0.2) is 0 Å². The van der Waals surface area contributed by atoms with E-state index in [1.807, 2.05) is 0 Å². The standard InChI is InChI=1S/C9H18O9/c10-1-3(12)5(14)7(16)9(18)8(17)6(15)4(13)2-11/h3-5,7-14,16-18H,1-2H2/t3-,4?,5+,7+,8?,9+/m0/s1. The molecule has 0 fully saturated rings. The molecule has 0 bridgehead atoms. The molecule has 108 valence electrons. The van der Waals surface area contributed by atoms with Crippen LogP contribution in [0.1, 0.15) is 0 Å². The number of Topliss-reactive ketones (excluding diaryl/α,β-unsaturated/α-hetero) is 1. The molecule has 0 spiro atoms. The fraction of sp³-hybridized carbons (Fsp3) is 0.889. The molecule has 0 heterocycles. The minimum atomic E-state index is -2.26. The lowest BCUT2D eigenvalue weighted by molar-refractivity contribution is -0.162. The molecule has 0 saturated carbocycles. The molecular weight excluding hydrogens is 252 g/mol. The molecule has 0 saturated heterocycles. The van der Waals surface area contributed by atoms with Crippen molar-refractivity contribution in [3.8, 4) is 0 Å². The van der Waals surface area contributed by atoms with Crippen molar-refractivity contribution in [1.82, 2.24) is 0 Å². The molecule has 6 atom stereocenters. The van der Waals surface area contributed by atoms with E-state index in [1.54, 1.807) is 0 Å². The molecule has 0 aliphatic heterocycles. The Morgan fingerprint density at radius 1 is 0.778 bits per heavy atom. The van der Waals surface area contributed by atoms with Crippen molar-refractivity contribution >= 4 is 5.78 Å². The fourth-order valence-electron chi connectivity index (χ4n) is 1.18. The summed E-state index contributed by atoms with van der Waals surface area (Å²) < 4.78 is 0. The predicted octanol–water partition coefficient (Wildman–Crippen LogP) is -5.29. The maximum Gasteiger partial charge on any atom is 0.194 e. The van der Waals surface area contributed by atoms with Gasteiger partial charge >= 0.3 is 0 Å². The molecule has 2 unspecified atom stereocenters. The van der Waals surface area contributed by atoms with E-state index in [-0.39, 0.29) is 0 Å². The van der Waals surface area contributed by atoms with Crippen LogP contribution in [0.2, 0.25) is 0 Å². The molecule has 0 amide bonds. The van der Waals surface area contributed by atoms with Gasteiger partial charge in [-0.15, -0.1) is 0 Å². The summed E-state index contributed by atoms with van der Waals surface area (Å²) in [5.41, 5.74) is 0. The Kier molecular flexibility index (Phi) is 7.43. The van der Waals surface area contributed by atoms with Crippen molar-refractivity contribution in [3.63, 3.8) is 0 Å². The molecule has 9 nitrogen and oxygen atoms in total. The minimum Gasteiger partial charge on any atom is -0.394 e. The van der Waals surface area contributed by atoms with Crippen LogP contribution in [0.5, 0.6) is 0 Å². The molecule has 0 rings (SSSR count). The van der Waals surface area contributed by atoms with Gasteiger partial charge in [0.1, 0.15) is 36.6 Å². The first kappa shape index (κ1) is 17.4. The summed E-state index contributed by atoms with van der Waals surface area (Å²) >= 11 is 0. The van der Waals surface area contributed by atoms with Crippen molar-refractivity contribution < 1.29 is 45.6 Å². The smallest absolute Gasteiger partial charge is 0.194 e. The van der Waals surface area contributed by atoms with Crippen LogP contribution in [0, 0.1) is 0 Å². The van der Waals surface area contributed by atoms with Gasteiger partial charge in [-0.3, -0.25) is 4.79 Å². The van der Waals surface area contributed by atoms with Crippen molar-refractivity contribution in [2.75, 3.05) is 13.2 Å². The normalized spacial score (nSPS) is 21.8. The average Bonchev–Trinajstić information content (AvgIpc) is 2.40. The zero-order valence-corrected chi connectivity index (χ0v) is 9.36. The topological polar surface area (TPSA) is 179 Å². The van der Waals surface area contributed by atoms with Crippen LogP contribution in [0.3, 0.4) is 0 Å². The highest BCUT2D eigenvalue weighted by molar-refractivity contribution is 5.87. The number of ketones is 1. The molecule has 0 aromatic rings. The maximum absolute atomic E-state index is 11.2. The van der Waals surface area contributed by atoms with Crippen molar-refractivity contribution in [1.29, 1.82) is 0 Å². The summed E-state index contributed by atoms with van der Waals surface area (Å²) in [5.74, 6) is -1.35. The quantitative estimate of drug-likeness (QED) is 0.214. The van der Waals surface area contributed by atoms with E-state index in [0.717, 1.165) is 0 Å². The monoisotopic (exact) mass is 270 g/mol. The third-order valence-corrected chi connectivity index (χ3v) is 2.40. The molecule has 0 aromatic carbocycles. The third kappa shape index (κ3) is 4.23. The first-order valence-corrected chi connectivity index (χ1v) is 5.11. The van der Waals surface area contributed by atoms with Crippen molar-refractivity contribution in [2.45, 2.75) is 36.6 Å². The highest BCUT2D eigenvalue weighted by atomic mass is 16.4. The SMILES string of the molecule is O=C(C(O)CO)C(O)[C@H](O)[C@H](O)[C@H](O)[C@@H](O)CO. The van der Waals surface area contributed by atoms with Gasteiger partial charge in [0.05, 0.1) is 13.2 Å². The lowest BCUT2D eigenvalue weighted by atomic mass is 9.95. The lowest BCUT2D eigenvalue weighted by Crippen LogP contribution is -2.53. The molecule has 0 aromatic heterocycles. The Labute approximate surface area is 102 Å². The van der Waals surface area contributed by atoms with Crippen LogP contribution in [0.15, 0.2) is 0 Å². The lowest BCUT2D eigenvalue weighted by Gasteiger charge is -2.28. The number of carbonyl (C=O) groups excluding carboxylic acids is 1. The zero-order chi connectivity index (χ0) is 14.5. The van der Waals surface area contributed by atoms with Crippen LogP contribution in [-0.2, 0) is 4.79 Å². The van der Waals surface area contributed by atoms with Gasteiger partial charge in [0.15, 0.2) is 5.78 Å². The number of rotatable bonds is 8. The van der Waals surface area contributed by atoms with Crippen LogP contribution < -0.4 is 0 Å². The summed E-state index contributed by atoms with van der Waals surface area (Å²) in [6.45, 7) is -1.89. The number of hydrogen-bond acceptors (Lipinski definition) is 9. The highest BCUT2D eigenvalue weighted by Gasteiger charge is 2.38. The van der Waals surface area contributed by atoms with E-state index in [0.29, 0.717) is 0 Å². The van der Waals surface area contributed by atoms with E-state index >= 15 is 0 Å².